The van der Waals surface area contributed by atoms with E-state index < -0.39 is 0 Å². The molecule has 1 fully saturated rings. The van der Waals surface area contributed by atoms with Crippen molar-refractivity contribution in [2.45, 2.75) is 12.8 Å². The minimum atomic E-state index is -0.142. The molecule has 0 saturated carbocycles. The molecule has 0 unspecified atom stereocenters. The van der Waals surface area contributed by atoms with Crippen LogP contribution in [0.5, 0.6) is 0 Å². The lowest BCUT2D eigenvalue weighted by molar-refractivity contribution is 0.127. The van der Waals surface area contributed by atoms with Crippen LogP contribution in [0.1, 0.15) is 12.0 Å². The molecule has 1 nitrogen and oxygen atoms in total. The van der Waals surface area contributed by atoms with E-state index in [1.807, 2.05) is 12.1 Å². The van der Waals surface area contributed by atoms with Gasteiger partial charge in [0.05, 0.1) is 0 Å². The minimum Gasteiger partial charge on any atom is -0.306 e. The first kappa shape index (κ1) is 9.66. The summed E-state index contributed by atoms with van der Waals surface area (Å²) in [5.41, 5.74) is 1.25. The molecule has 0 aliphatic carbocycles. The van der Waals surface area contributed by atoms with Crippen molar-refractivity contribution >= 4 is 0 Å². The zero-order valence-corrected chi connectivity index (χ0v) is 8.54. The summed E-state index contributed by atoms with van der Waals surface area (Å²) in [6.07, 6.45) is 2.31. The van der Waals surface area contributed by atoms with Crippen molar-refractivity contribution < 1.29 is 4.39 Å². The number of benzene rings is 1. The molecule has 1 aliphatic rings. The summed E-state index contributed by atoms with van der Waals surface area (Å²) in [5.74, 6) is 0.710. The third-order valence-electron chi connectivity index (χ3n) is 2.89. The smallest absolute Gasteiger partial charge is 0.123 e. The number of aryl methyl sites for hydroxylation is 1. The van der Waals surface area contributed by atoms with Gasteiger partial charge in [-0.15, -0.1) is 0 Å². The van der Waals surface area contributed by atoms with Gasteiger partial charge in [-0.3, -0.25) is 0 Å². The van der Waals surface area contributed by atoms with Crippen LogP contribution in [-0.4, -0.2) is 25.0 Å². The quantitative estimate of drug-likeness (QED) is 0.712. The van der Waals surface area contributed by atoms with Crippen LogP contribution in [0.4, 0.5) is 4.39 Å². The van der Waals surface area contributed by atoms with Gasteiger partial charge in [-0.1, -0.05) is 12.1 Å². The first-order valence-electron chi connectivity index (χ1n) is 5.17. The maximum Gasteiger partial charge on any atom is 0.123 e. The van der Waals surface area contributed by atoms with Crippen molar-refractivity contribution in [2.75, 3.05) is 20.1 Å². The van der Waals surface area contributed by atoms with Crippen LogP contribution >= 0.6 is 0 Å². The molecular formula is C12H16FN. The molecule has 1 saturated heterocycles. The highest BCUT2D eigenvalue weighted by atomic mass is 19.1. The SMILES string of the molecule is CN1CC(CCc2ccc(F)cc2)C1. The standard InChI is InChI=1S/C12H16FN/c1-14-8-11(9-14)3-2-10-4-6-12(13)7-5-10/h4-7,11H,2-3,8-9H2,1H3. The average Bonchev–Trinajstić information content (AvgIpc) is 2.13. The van der Waals surface area contributed by atoms with Crippen LogP contribution in [0.15, 0.2) is 24.3 Å². The van der Waals surface area contributed by atoms with E-state index in [2.05, 4.69) is 11.9 Å². The van der Waals surface area contributed by atoms with E-state index >= 15 is 0 Å². The fraction of sp³-hybridized carbons (Fsp3) is 0.500. The summed E-state index contributed by atoms with van der Waals surface area (Å²) in [4.78, 5) is 2.33. The van der Waals surface area contributed by atoms with E-state index in [1.165, 1.54) is 25.1 Å². The number of halogens is 1. The van der Waals surface area contributed by atoms with Crippen molar-refractivity contribution in [3.05, 3.63) is 35.6 Å². The number of rotatable bonds is 3. The molecule has 2 rings (SSSR count). The van der Waals surface area contributed by atoms with Crippen molar-refractivity contribution in [3.8, 4) is 0 Å². The predicted octanol–water partition coefficient (Wildman–Crippen LogP) is 2.32. The third-order valence-corrected chi connectivity index (χ3v) is 2.89. The Hall–Kier alpha value is -0.890. The largest absolute Gasteiger partial charge is 0.306 e. The topological polar surface area (TPSA) is 3.24 Å². The van der Waals surface area contributed by atoms with E-state index in [9.17, 15) is 4.39 Å². The molecule has 0 aromatic heterocycles. The first-order valence-corrected chi connectivity index (χ1v) is 5.17. The lowest BCUT2D eigenvalue weighted by Gasteiger charge is -2.36. The molecular weight excluding hydrogens is 177 g/mol. The second kappa shape index (κ2) is 4.09. The summed E-state index contributed by atoms with van der Waals surface area (Å²) in [6.45, 7) is 2.45. The van der Waals surface area contributed by atoms with Gasteiger partial charge in [-0.25, -0.2) is 4.39 Å². The van der Waals surface area contributed by atoms with Gasteiger partial charge in [-0.2, -0.15) is 0 Å². The highest BCUT2D eigenvalue weighted by Crippen LogP contribution is 2.19. The fourth-order valence-corrected chi connectivity index (χ4v) is 2.03. The average molecular weight is 193 g/mol. The maximum absolute atomic E-state index is 12.6. The Morgan fingerprint density at radius 1 is 1.29 bits per heavy atom. The molecule has 0 atom stereocenters. The zero-order chi connectivity index (χ0) is 9.97. The molecule has 1 aliphatic heterocycles. The van der Waals surface area contributed by atoms with Gasteiger partial charge in [0.2, 0.25) is 0 Å². The van der Waals surface area contributed by atoms with Crippen LogP contribution in [0, 0.1) is 11.7 Å². The highest BCUT2D eigenvalue weighted by Gasteiger charge is 2.22. The summed E-state index contributed by atoms with van der Waals surface area (Å²) in [5, 5.41) is 0. The molecule has 1 heterocycles. The Kier molecular flexibility index (Phi) is 2.82. The minimum absolute atomic E-state index is 0.142. The van der Waals surface area contributed by atoms with Gasteiger partial charge in [0.25, 0.3) is 0 Å². The second-order valence-corrected chi connectivity index (χ2v) is 4.25. The Morgan fingerprint density at radius 2 is 1.93 bits per heavy atom. The second-order valence-electron chi connectivity index (χ2n) is 4.25. The van der Waals surface area contributed by atoms with Crippen molar-refractivity contribution in [1.82, 2.24) is 4.90 Å². The summed E-state index contributed by atoms with van der Waals surface area (Å²) < 4.78 is 12.6. The molecule has 0 N–H and O–H groups in total. The molecule has 1 aromatic carbocycles. The van der Waals surface area contributed by atoms with Crippen molar-refractivity contribution in [2.24, 2.45) is 5.92 Å². The number of hydrogen-bond acceptors (Lipinski definition) is 1. The monoisotopic (exact) mass is 193 g/mol. The van der Waals surface area contributed by atoms with Gasteiger partial charge in [-0.05, 0) is 43.5 Å². The van der Waals surface area contributed by atoms with Gasteiger partial charge >= 0.3 is 0 Å². The van der Waals surface area contributed by atoms with Crippen molar-refractivity contribution in [3.63, 3.8) is 0 Å². The number of hydrogen-bond donors (Lipinski definition) is 0. The molecule has 14 heavy (non-hydrogen) atoms. The predicted molar refractivity (Wildman–Crippen MR) is 55.7 cm³/mol. The maximum atomic E-state index is 12.6. The molecule has 0 bridgehead atoms. The Balaban J connectivity index is 1.78. The number of likely N-dealkylation sites (tertiary alicyclic amines) is 1. The molecule has 0 spiro atoms. The fourth-order valence-electron chi connectivity index (χ4n) is 2.03. The first-order chi connectivity index (χ1) is 6.74. The highest BCUT2D eigenvalue weighted by molar-refractivity contribution is 5.16. The molecule has 0 radical (unpaired) electrons. The van der Waals surface area contributed by atoms with E-state index in [1.54, 1.807) is 12.1 Å². The van der Waals surface area contributed by atoms with E-state index in [0.717, 1.165) is 12.3 Å². The van der Waals surface area contributed by atoms with Gasteiger partial charge < -0.3 is 4.90 Å². The summed E-state index contributed by atoms with van der Waals surface area (Å²) in [6, 6.07) is 6.86. The van der Waals surface area contributed by atoms with Crippen molar-refractivity contribution in [1.29, 1.82) is 0 Å². The van der Waals surface area contributed by atoms with Crippen LogP contribution in [-0.2, 0) is 6.42 Å². The van der Waals surface area contributed by atoms with Crippen LogP contribution in [0.25, 0.3) is 0 Å². The van der Waals surface area contributed by atoms with Gasteiger partial charge in [0.1, 0.15) is 5.82 Å². The lowest BCUT2D eigenvalue weighted by atomic mass is 9.93. The van der Waals surface area contributed by atoms with Crippen LogP contribution in [0.3, 0.4) is 0 Å². The van der Waals surface area contributed by atoms with Gasteiger partial charge in [0.15, 0.2) is 0 Å². The molecule has 0 amide bonds. The molecule has 1 aromatic rings. The Morgan fingerprint density at radius 3 is 2.50 bits per heavy atom. The normalized spacial score (nSPS) is 18.1. The van der Waals surface area contributed by atoms with Gasteiger partial charge in [0, 0.05) is 13.1 Å². The van der Waals surface area contributed by atoms with E-state index in [0.29, 0.717) is 0 Å². The van der Waals surface area contributed by atoms with Crippen LogP contribution in [0.2, 0.25) is 0 Å². The van der Waals surface area contributed by atoms with Crippen LogP contribution < -0.4 is 0 Å². The number of nitrogens with zero attached hydrogens (tertiary/aromatic N) is 1. The Labute approximate surface area is 84.5 Å². The summed E-state index contributed by atoms with van der Waals surface area (Å²) in [7, 11) is 2.15. The molecule has 76 valence electrons. The zero-order valence-electron chi connectivity index (χ0n) is 8.54. The Bertz CT molecular complexity index is 288. The van der Waals surface area contributed by atoms with E-state index in [-0.39, 0.29) is 5.82 Å². The lowest BCUT2D eigenvalue weighted by Crippen LogP contribution is -2.43. The molecule has 2 heteroatoms. The summed E-state index contributed by atoms with van der Waals surface area (Å²) >= 11 is 0. The van der Waals surface area contributed by atoms with E-state index in [4.69, 9.17) is 0 Å². The third kappa shape index (κ3) is 2.32.